The number of amidine groups is 1. The molecule has 0 spiro atoms. The van der Waals surface area contributed by atoms with Gasteiger partial charge in [0.1, 0.15) is 17.3 Å². The first-order chi connectivity index (χ1) is 12.6. The van der Waals surface area contributed by atoms with Crippen LogP contribution in [0.15, 0.2) is 59.1 Å². The Morgan fingerprint density at radius 2 is 1.54 bits per heavy atom. The molecule has 0 bridgehead atoms. The highest BCUT2D eigenvalue weighted by molar-refractivity contribution is 6.63. The van der Waals surface area contributed by atoms with Gasteiger partial charge in [-0.2, -0.15) is 0 Å². The quantitative estimate of drug-likeness (QED) is 0.789. The van der Waals surface area contributed by atoms with Gasteiger partial charge < -0.3 is 14.8 Å². The molecule has 0 radical (unpaired) electrons. The number of benzene rings is 2. The molecule has 0 fully saturated rings. The predicted molar refractivity (Wildman–Crippen MR) is 103 cm³/mol. The van der Waals surface area contributed by atoms with E-state index in [-0.39, 0.29) is 6.42 Å². The molecule has 3 rings (SSSR count). The van der Waals surface area contributed by atoms with E-state index < -0.39 is 5.24 Å². The van der Waals surface area contributed by atoms with Gasteiger partial charge in [-0.05, 0) is 71.3 Å². The number of hydrogen-bond donors (Lipinski definition) is 1. The number of nitrogens with zero attached hydrogens (tertiary/aromatic N) is 1. The molecule has 1 N–H and O–H groups in total. The van der Waals surface area contributed by atoms with E-state index in [0.717, 1.165) is 39.7 Å². The number of hydrogen-bond acceptors (Lipinski definition) is 5. The van der Waals surface area contributed by atoms with Crippen LogP contribution in [0, 0.1) is 0 Å². The van der Waals surface area contributed by atoms with Crippen molar-refractivity contribution in [2.45, 2.75) is 6.42 Å². The van der Waals surface area contributed by atoms with Crippen LogP contribution in [-0.4, -0.2) is 31.8 Å². The molecule has 26 heavy (non-hydrogen) atoms. The molecular weight excluding hydrogens is 352 g/mol. The minimum atomic E-state index is -0.407. The Labute approximate surface area is 157 Å². The van der Waals surface area contributed by atoms with Crippen LogP contribution >= 0.6 is 11.6 Å². The molecule has 2 aromatic rings. The summed E-state index contributed by atoms with van der Waals surface area (Å²) < 4.78 is 10.4. The molecule has 6 heteroatoms. The highest BCUT2D eigenvalue weighted by Crippen LogP contribution is 2.26. The Hall–Kier alpha value is -2.79. The van der Waals surface area contributed by atoms with Gasteiger partial charge >= 0.3 is 0 Å². The third kappa shape index (κ3) is 4.06. The van der Waals surface area contributed by atoms with Gasteiger partial charge in [-0.25, -0.2) is 0 Å². The van der Waals surface area contributed by atoms with E-state index in [1.165, 1.54) is 0 Å². The van der Waals surface area contributed by atoms with Crippen molar-refractivity contribution in [3.05, 3.63) is 65.2 Å². The van der Waals surface area contributed by atoms with E-state index in [9.17, 15) is 4.79 Å². The third-order valence-electron chi connectivity index (χ3n) is 4.12. The lowest BCUT2D eigenvalue weighted by molar-refractivity contribution is -0.111. The van der Waals surface area contributed by atoms with Crippen LogP contribution in [0.3, 0.4) is 0 Å². The number of halogens is 1. The summed E-state index contributed by atoms with van der Waals surface area (Å²) in [6.45, 7) is 0.411. The van der Waals surface area contributed by atoms with Crippen LogP contribution in [0.4, 0.5) is 0 Å². The largest absolute Gasteiger partial charge is 0.497 e. The van der Waals surface area contributed by atoms with Crippen LogP contribution in [-0.2, 0) is 4.79 Å². The molecule has 1 heterocycles. The molecule has 0 unspecified atom stereocenters. The standard InChI is InChI=1S/C20H19ClN2O3/c1-25-16-7-3-13(4-8-16)19-15(11-18(21)24)12-22-20(23-19)14-5-9-17(26-2)10-6-14/h3-10H,11-12H2,1-2H3,(H,22,23). The summed E-state index contributed by atoms with van der Waals surface area (Å²) in [6, 6.07) is 15.3. The van der Waals surface area contributed by atoms with E-state index in [1.54, 1.807) is 14.2 Å². The summed E-state index contributed by atoms with van der Waals surface area (Å²) in [7, 11) is 3.25. The minimum absolute atomic E-state index is 0.148. The van der Waals surface area contributed by atoms with Crippen molar-refractivity contribution < 1.29 is 14.3 Å². The van der Waals surface area contributed by atoms with Crippen LogP contribution in [0.2, 0.25) is 0 Å². The molecule has 0 amide bonds. The van der Waals surface area contributed by atoms with Crippen LogP contribution in [0.5, 0.6) is 11.5 Å². The van der Waals surface area contributed by atoms with Crippen molar-refractivity contribution in [3.63, 3.8) is 0 Å². The van der Waals surface area contributed by atoms with Crippen molar-refractivity contribution in [1.82, 2.24) is 5.32 Å². The summed E-state index contributed by atoms with van der Waals surface area (Å²) in [5, 5.41) is 2.95. The van der Waals surface area contributed by atoms with Crippen LogP contribution < -0.4 is 14.8 Å². The van der Waals surface area contributed by atoms with Crippen molar-refractivity contribution in [2.75, 3.05) is 20.8 Å². The number of rotatable bonds is 6. The van der Waals surface area contributed by atoms with Crippen molar-refractivity contribution in [3.8, 4) is 11.5 Å². The van der Waals surface area contributed by atoms with E-state index in [4.69, 9.17) is 21.1 Å². The summed E-state index contributed by atoms with van der Waals surface area (Å²) in [5.41, 5.74) is 3.59. The second-order valence-electron chi connectivity index (χ2n) is 5.76. The number of carbonyl (C=O) groups excluding carboxylic acids is 1. The summed E-state index contributed by atoms with van der Waals surface area (Å²) >= 11 is 5.62. The molecule has 2 aromatic carbocycles. The number of aliphatic imine (C=N–C) groups is 1. The smallest absolute Gasteiger partial charge is 0.225 e. The summed E-state index contributed by atoms with van der Waals surface area (Å²) in [6.07, 6.45) is 0.148. The maximum Gasteiger partial charge on any atom is 0.225 e. The van der Waals surface area contributed by atoms with Crippen molar-refractivity contribution in [2.24, 2.45) is 4.99 Å². The second kappa shape index (κ2) is 8.06. The average molecular weight is 371 g/mol. The topological polar surface area (TPSA) is 59.9 Å². The Morgan fingerprint density at radius 3 is 2.04 bits per heavy atom. The third-order valence-corrected chi connectivity index (χ3v) is 4.25. The lowest BCUT2D eigenvalue weighted by Crippen LogP contribution is -2.29. The van der Waals surface area contributed by atoms with E-state index in [2.05, 4.69) is 10.3 Å². The zero-order valence-corrected chi connectivity index (χ0v) is 15.3. The van der Waals surface area contributed by atoms with Crippen LogP contribution in [0.1, 0.15) is 17.5 Å². The highest BCUT2D eigenvalue weighted by Gasteiger charge is 2.19. The Bertz CT molecular complexity index is 856. The molecule has 0 saturated carbocycles. The number of carbonyl (C=O) groups is 1. The van der Waals surface area contributed by atoms with Gasteiger partial charge in [0.2, 0.25) is 5.24 Å². The fraction of sp³-hybridized carbons (Fsp3) is 0.200. The molecule has 0 aromatic heterocycles. The second-order valence-corrected chi connectivity index (χ2v) is 6.18. The summed E-state index contributed by atoms with van der Waals surface area (Å²) in [5.74, 6) is 2.29. The number of methoxy groups -OCH3 is 2. The minimum Gasteiger partial charge on any atom is -0.497 e. The van der Waals surface area contributed by atoms with E-state index >= 15 is 0 Å². The number of ether oxygens (including phenoxy) is 2. The fourth-order valence-electron chi connectivity index (χ4n) is 2.76. The zero-order chi connectivity index (χ0) is 18.5. The lowest BCUT2D eigenvalue weighted by Gasteiger charge is -2.22. The van der Waals surface area contributed by atoms with Crippen molar-refractivity contribution in [1.29, 1.82) is 0 Å². The van der Waals surface area contributed by atoms with Gasteiger partial charge in [0.15, 0.2) is 0 Å². The SMILES string of the molecule is COc1ccc(C2=NCC(CC(=O)Cl)=C(c3ccc(OC)cc3)N2)cc1. The maximum absolute atomic E-state index is 11.4. The Morgan fingerprint density at radius 1 is 1.00 bits per heavy atom. The maximum atomic E-state index is 11.4. The Balaban J connectivity index is 1.92. The molecule has 1 aliphatic rings. The molecule has 134 valence electrons. The van der Waals surface area contributed by atoms with E-state index in [0.29, 0.717) is 6.54 Å². The molecule has 0 saturated heterocycles. The Kier molecular flexibility index (Phi) is 5.58. The fourth-order valence-corrected chi connectivity index (χ4v) is 2.92. The van der Waals surface area contributed by atoms with Crippen molar-refractivity contribution >= 4 is 28.4 Å². The zero-order valence-electron chi connectivity index (χ0n) is 14.6. The lowest BCUT2D eigenvalue weighted by atomic mass is 10.0. The molecule has 1 aliphatic heterocycles. The first-order valence-electron chi connectivity index (χ1n) is 8.11. The average Bonchev–Trinajstić information content (AvgIpc) is 2.68. The summed E-state index contributed by atoms with van der Waals surface area (Å²) in [4.78, 5) is 16.0. The highest BCUT2D eigenvalue weighted by atomic mass is 35.5. The van der Waals surface area contributed by atoms with Gasteiger partial charge in [-0.3, -0.25) is 9.79 Å². The first kappa shape index (κ1) is 18.0. The van der Waals surface area contributed by atoms with E-state index in [1.807, 2.05) is 48.5 Å². The molecule has 5 nitrogen and oxygen atoms in total. The monoisotopic (exact) mass is 370 g/mol. The molecule has 0 aliphatic carbocycles. The van der Waals surface area contributed by atoms with Gasteiger partial charge in [-0.1, -0.05) is 0 Å². The molecule has 0 atom stereocenters. The van der Waals surface area contributed by atoms with Gasteiger partial charge in [0.25, 0.3) is 0 Å². The van der Waals surface area contributed by atoms with Gasteiger partial charge in [0.05, 0.1) is 20.8 Å². The van der Waals surface area contributed by atoms with Gasteiger partial charge in [-0.15, -0.1) is 0 Å². The first-order valence-corrected chi connectivity index (χ1v) is 8.49. The van der Waals surface area contributed by atoms with Crippen LogP contribution in [0.25, 0.3) is 5.70 Å². The molecular formula is C20H19ClN2O3. The predicted octanol–water partition coefficient (Wildman–Crippen LogP) is 3.62. The van der Waals surface area contributed by atoms with Gasteiger partial charge in [0, 0.05) is 17.7 Å². The number of nitrogens with one attached hydrogen (secondary N) is 1. The normalized spacial score (nSPS) is 13.7.